The van der Waals surface area contributed by atoms with Crippen LogP contribution < -0.4 is 5.63 Å². The molecule has 108 valence electrons. The van der Waals surface area contributed by atoms with E-state index in [1.165, 1.54) is 0 Å². The average molecular weight is 292 g/mol. The lowest BCUT2D eigenvalue weighted by atomic mass is 9.92. The summed E-state index contributed by atoms with van der Waals surface area (Å²) in [6.07, 6.45) is 0. The van der Waals surface area contributed by atoms with Crippen LogP contribution in [0.4, 0.5) is 0 Å². The zero-order chi connectivity index (χ0) is 15.1. The molecule has 0 fully saturated rings. The van der Waals surface area contributed by atoms with E-state index in [1.54, 1.807) is 24.3 Å². The van der Waals surface area contributed by atoms with Gasteiger partial charge in [0, 0.05) is 0 Å². The Labute approximate surface area is 125 Å². The number of benzene rings is 2. The lowest BCUT2D eigenvalue weighted by molar-refractivity contribution is 0.381. The third kappa shape index (κ3) is 1.83. The molecule has 3 aromatic rings. The SMILES string of the molecule is O=c1oc2ccccc2c(O)c1C1N=NC1c1ccccc1. The number of nitrogens with zero attached hydrogens (tertiary/aromatic N) is 2. The van der Waals surface area contributed by atoms with Gasteiger partial charge in [-0.1, -0.05) is 42.5 Å². The highest BCUT2D eigenvalue weighted by Crippen LogP contribution is 2.45. The molecule has 2 aromatic carbocycles. The molecular formula is C17H12N2O3. The number of aromatic hydroxyl groups is 1. The van der Waals surface area contributed by atoms with E-state index in [2.05, 4.69) is 10.2 Å². The first-order chi connectivity index (χ1) is 10.8. The van der Waals surface area contributed by atoms with Crippen molar-refractivity contribution in [3.05, 3.63) is 76.1 Å². The van der Waals surface area contributed by atoms with Crippen LogP contribution in [0.2, 0.25) is 0 Å². The Morgan fingerprint density at radius 1 is 0.909 bits per heavy atom. The van der Waals surface area contributed by atoms with Crippen molar-refractivity contribution in [2.45, 2.75) is 12.1 Å². The smallest absolute Gasteiger partial charge is 0.345 e. The number of hydrogen-bond donors (Lipinski definition) is 1. The first kappa shape index (κ1) is 12.8. The Kier molecular flexibility index (Phi) is 2.79. The van der Waals surface area contributed by atoms with Gasteiger partial charge in [0.2, 0.25) is 0 Å². The Morgan fingerprint density at radius 2 is 1.59 bits per heavy atom. The summed E-state index contributed by atoms with van der Waals surface area (Å²) >= 11 is 0. The number of para-hydroxylation sites is 1. The normalized spacial score (nSPS) is 20.0. The third-order valence-corrected chi connectivity index (χ3v) is 3.87. The van der Waals surface area contributed by atoms with Crippen LogP contribution in [-0.4, -0.2) is 5.11 Å². The van der Waals surface area contributed by atoms with E-state index < -0.39 is 11.7 Å². The van der Waals surface area contributed by atoms with Crippen LogP contribution in [0.1, 0.15) is 23.2 Å². The van der Waals surface area contributed by atoms with E-state index in [-0.39, 0.29) is 17.4 Å². The highest BCUT2D eigenvalue weighted by molar-refractivity contribution is 5.84. The van der Waals surface area contributed by atoms with Crippen LogP contribution in [0.3, 0.4) is 0 Å². The molecule has 5 heteroatoms. The fourth-order valence-corrected chi connectivity index (χ4v) is 2.72. The quantitative estimate of drug-likeness (QED) is 0.731. The van der Waals surface area contributed by atoms with E-state index in [1.807, 2.05) is 30.3 Å². The first-order valence-corrected chi connectivity index (χ1v) is 6.95. The van der Waals surface area contributed by atoms with Gasteiger partial charge in [-0.25, -0.2) is 4.79 Å². The standard InChI is InChI=1S/C17H12N2O3/c20-16-11-8-4-5-9-12(11)22-17(21)13(16)15-14(18-19-15)10-6-2-1-3-7-10/h1-9,14-15,20H. The first-order valence-electron chi connectivity index (χ1n) is 6.95. The molecule has 1 aromatic heterocycles. The zero-order valence-corrected chi connectivity index (χ0v) is 11.5. The van der Waals surface area contributed by atoms with Crippen LogP contribution >= 0.6 is 0 Å². The fourth-order valence-electron chi connectivity index (χ4n) is 2.72. The maximum absolute atomic E-state index is 12.2. The van der Waals surface area contributed by atoms with Gasteiger partial charge >= 0.3 is 5.63 Å². The van der Waals surface area contributed by atoms with Gasteiger partial charge < -0.3 is 9.52 Å². The maximum atomic E-state index is 12.2. The van der Waals surface area contributed by atoms with Gasteiger partial charge in [-0.15, -0.1) is 0 Å². The van der Waals surface area contributed by atoms with Crippen LogP contribution in [0.15, 0.2) is 74.0 Å². The number of hydrogen-bond acceptors (Lipinski definition) is 5. The van der Waals surface area contributed by atoms with Crippen LogP contribution in [0, 0.1) is 0 Å². The van der Waals surface area contributed by atoms with Gasteiger partial charge in [-0.05, 0) is 17.7 Å². The summed E-state index contributed by atoms with van der Waals surface area (Å²) in [5, 5.41) is 19.1. The van der Waals surface area contributed by atoms with Gasteiger partial charge in [0.05, 0.1) is 5.39 Å². The van der Waals surface area contributed by atoms with Gasteiger partial charge in [-0.2, -0.15) is 10.2 Å². The number of rotatable bonds is 2. The summed E-state index contributed by atoms with van der Waals surface area (Å²) in [5.74, 6) is -0.0727. The Bertz CT molecular complexity index is 932. The molecule has 0 radical (unpaired) electrons. The van der Waals surface area contributed by atoms with Gasteiger partial charge in [-0.3, -0.25) is 0 Å². The summed E-state index contributed by atoms with van der Waals surface area (Å²) < 4.78 is 5.30. The molecule has 0 amide bonds. The second-order valence-electron chi connectivity index (χ2n) is 5.18. The molecular weight excluding hydrogens is 280 g/mol. The molecule has 0 spiro atoms. The molecule has 0 bridgehead atoms. The minimum absolute atomic E-state index is 0.0727. The van der Waals surface area contributed by atoms with Crippen molar-refractivity contribution in [2.75, 3.05) is 0 Å². The van der Waals surface area contributed by atoms with Crippen LogP contribution in [-0.2, 0) is 0 Å². The number of azo groups is 1. The van der Waals surface area contributed by atoms with Crippen molar-refractivity contribution >= 4 is 11.0 Å². The minimum atomic E-state index is -0.569. The lowest BCUT2D eigenvalue weighted by Crippen LogP contribution is -2.21. The van der Waals surface area contributed by atoms with Crippen LogP contribution in [0.25, 0.3) is 11.0 Å². The van der Waals surface area contributed by atoms with Gasteiger partial charge in [0.1, 0.15) is 29.0 Å². The van der Waals surface area contributed by atoms with E-state index in [4.69, 9.17) is 4.42 Å². The van der Waals surface area contributed by atoms with E-state index >= 15 is 0 Å². The second-order valence-corrected chi connectivity index (χ2v) is 5.18. The third-order valence-electron chi connectivity index (χ3n) is 3.87. The van der Waals surface area contributed by atoms with Crippen molar-refractivity contribution < 1.29 is 9.52 Å². The average Bonchev–Trinajstić information content (AvgIpc) is 2.51. The second kappa shape index (κ2) is 4.80. The fraction of sp³-hybridized carbons (Fsp3) is 0.118. The molecule has 0 saturated heterocycles. The molecule has 5 nitrogen and oxygen atoms in total. The largest absolute Gasteiger partial charge is 0.507 e. The summed E-state index contributed by atoms with van der Waals surface area (Å²) in [6, 6.07) is 15.7. The Balaban J connectivity index is 1.86. The Hall–Kier alpha value is -2.95. The molecule has 1 aliphatic rings. The summed E-state index contributed by atoms with van der Waals surface area (Å²) in [7, 11) is 0. The molecule has 4 rings (SSSR count). The topological polar surface area (TPSA) is 75.2 Å². The summed E-state index contributed by atoms with van der Waals surface area (Å²) in [6.45, 7) is 0. The molecule has 22 heavy (non-hydrogen) atoms. The summed E-state index contributed by atoms with van der Waals surface area (Å²) in [4.78, 5) is 12.2. The van der Waals surface area contributed by atoms with Crippen molar-refractivity contribution in [3.63, 3.8) is 0 Å². The number of fused-ring (bicyclic) bond motifs is 1. The molecule has 2 atom stereocenters. The van der Waals surface area contributed by atoms with Crippen molar-refractivity contribution in [1.82, 2.24) is 0 Å². The lowest BCUT2D eigenvalue weighted by Gasteiger charge is -2.26. The predicted molar refractivity (Wildman–Crippen MR) is 80.9 cm³/mol. The molecule has 0 aliphatic carbocycles. The highest BCUT2D eigenvalue weighted by Gasteiger charge is 2.36. The highest BCUT2D eigenvalue weighted by atomic mass is 16.4. The maximum Gasteiger partial charge on any atom is 0.345 e. The van der Waals surface area contributed by atoms with Crippen molar-refractivity contribution in [2.24, 2.45) is 10.2 Å². The van der Waals surface area contributed by atoms with E-state index in [0.29, 0.717) is 11.0 Å². The van der Waals surface area contributed by atoms with E-state index in [0.717, 1.165) is 5.56 Å². The van der Waals surface area contributed by atoms with Crippen molar-refractivity contribution in [1.29, 1.82) is 0 Å². The van der Waals surface area contributed by atoms with Crippen molar-refractivity contribution in [3.8, 4) is 5.75 Å². The molecule has 2 heterocycles. The zero-order valence-electron chi connectivity index (χ0n) is 11.5. The molecule has 1 aliphatic heterocycles. The Morgan fingerprint density at radius 3 is 2.32 bits per heavy atom. The van der Waals surface area contributed by atoms with Gasteiger partial charge in [0.25, 0.3) is 0 Å². The van der Waals surface area contributed by atoms with Gasteiger partial charge in [0.15, 0.2) is 0 Å². The predicted octanol–water partition coefficient (Wildman–Crippen LogP) is 3.75. The summed E-state index contributed by atoms with van der Waals surface area (Å²) in [5.41, 5.74) is 0.916. The molecule has 0 saturated carbocycles. The monoisotopic (exact) mass is 292 g/mol. The van der Waals surface area contributed by atoms with Crippen LogP contribution in [0.5, 0.6) is 5.75 Å². The van der Waals surface area contributed by atoms with E-state index in [9.17, 15) is 9.90 Å². The molecule has 2 unspecified atom stereocenters. The molecule has 1 N–H and O–H groups in total. The minimum Gasteiger partial charge on any atom is -0.507 e.